The second-order valence-electron chi connectivity index (χ2n) is 6.09. The number of unbranched alkanes of at least 4 members (excludes halogenated alkanes) is 1. The third-order valence-corrected chi connectivity index (χ3v) is 6.24. The molecule has 0 unspecified atom stereocenters. The highest BCUT2D eigenvalue weighted by molar-refractivity contribution is 7.89. The van der Waals surface area contributed by atoms with E-state index in [0.717, 1.165) is 24.2 Å². The average molecular weight is 336 g/mol. The minimum Gasteiger partial charge on any atom is -0.496 e. The quantitative estimate of drug-likeness (QED) is 0.748. The summed E-state index contributed by atoms with van der Waals surface area (Å²) in [6, 6.07) is 9.44. The van der Waals surface area contributed by atoms with Crippen LogP contribution in [0.4, 0.5) is 0 Å². The van der Waals surface area contributed by atoms with Gasteiger partial charge in [-0.1, -0.05) is 25.1 Å². The van der Waals surface area contributed by atoms with Crippen LogP contribution in [0.2, 0.25) is 0 Å². The van der Waals surface area contributed by atoms with E-state index in [1.54, 1.807) is 11.4 Å². The van der Waals surface area contributed by atoms with E-state index in [2.05, 4.69) is 6.92 Å². The van der Waals surface area contributed by atoms with Crippen LogP contribution >= 0.6 is 0 Å². The van der Waals surface area contributed by atoms with Crippen LogP contribution in [0, 0.1) is 17.2 Å². The molecule has 1 aromatic carbocycles. The van der Waals surface area contributed by atoms with E-state index in [1.165, 1.54) is 0 Å². The van der Waals surface area contributed by atoms with Crippen LogP contribution in [0.15, 0.2) is 24.3 Å². The molecule has 0 spiro atoms. The SMILES string of the molecule is COc1ccccc1[C@H]1CC[C@H](C)CN1S(=O)(=O)CCCC#N. The monoisotopic (exact) mass is 336 g/mol. The Kier molecular flexibility index (Phi) is 6.03. The van der Waals surface area contributed by atoms with Crippen LogP contribution in [0.1, 0.15) is 44.2 Å². The predicted octanol–water partition coefficient (Wildman–Crippen LogP) is 3.10. The van der Waals surface area contributed by atoms with Gasteiger partial charge in [-0.25, -0.2) is 8.42 Å². The Hall–Kier alpha value is -1.58. The van der Waals surface area contributed by atoms with Crippen LogP contribution in [0.25, 0.3) is 0 Å². The number of nitrogens with zero attached hydrogens (tertiary/aromatic N) is 2. The van der Waals surface area contributed by atoms with E-state index in [-0.39, 0.29) is 18.2 Å². The number of rotatable bonds is 6. The first kappa shape index (κ1) is 17.8. The molecule has 0 aliphatic carbocycles. The number of benzene rings is 1. The molecule has 126 valence electrons. The van der Waals surface area contributed by atoms with Crippen molar-refractivity contribution >= 4 is 10.0 Å². The molecule has 1 fully saturated rings. The molecule has 0 N–H and O–H groups in total. The van der Waals surface area contributed by atoms with E-state index < -0.39 is 10.0 Å². The lowest BCUT2D eigenvalue weighted by Gasteiger charge is -2.38. The molecule has 2 rings (SSSR count). The van der Waals surface area contributed by atoms with Gasteiger partial charge in [0.05, 0.1) is 25.0 Å². The minimum atomic E-state index is -3.38. The summed E-state index contributed by atoms with van der Waals surface area (Å²) in [5, 5.41) is 8.64. The van der Waals surface area contributed by atoms with Gasteiger partial charge >= 0.3 is 0 Å². The van der Waals surface area contributed by atoms with Crippen LogP contribution < -0.4 is 4.74 Å². The fourth-order valence-corrected chi connectivity index (χ4v) is 4.95. The number of para-hydroxylation sites is 1. The number of ether oxygens (including phenoxy) is 1. The highest BCUT2D eigenvalue weighted by atomic mass is 32.2. The molecule has 0 radical (unpaired) electrons. The summed E-state index contributed by atoms with van der Waals surface area (Å²) in [5.41, 5.74) is 0.922. The smallest absolute Gasteiger partial charge is 0.214 e. The Morgan fingerprint density at radius 1 is 1.35 bits per heavy atom. The molecule has 0 amide bonds. The van der Waals surface area contributed by atoms with Crippen molar-refractivity contribution in [1.29, 1.82) is 5.26 Å². The molecule has 1 saturated heterocycles. The van der Waals surface area contributed by atoms with E-state index in [1.807, 2.05) is 30.3 Å². The predicted molar refractivity (Wildman–Crippen MR) is 89.5 cm³/mol. The van der Waals surface area contributed by atoms with Crippen molar-refractivity contribution < 1.29 is 13.2 Å². The van der Waals surface area contributed by atoms with Crippen molar-refractivity contribution in [2.45, 2.75) is 38.6 Å². The number of sulfonamides is 1. The summed E-state index contributed by atoms with van der Waals surface area (Å²) in [7, 11) is -1.78. The van der Waals surface area contributed by atoms with Gasteiger partial charge in [0, 0.05) is 18.5 Å². The maximum Gasteiger partial charge on any atom is 0.214 e. The van der Waals surface area contributed by atoms with Gasteiger partial charge in [0.1, 0.15) is 5.75 Å². The first-order valence-electron chi connectivity index (χ1n) is 7.99. The maximum atomic E-state index is 12.8. The minimum absolute atomic E-state index is 0.0267. The number of hydrogen-bond donors (Lipinski definition) is 0. The third-order valence-electron chi connectivity index (χ3n) is 4.32. The van der Waals surface area contributed by atoms with Crippen molar-refractivity contribution in [2.24, 2.45) is 5.92 Å². The van der Waals surface area contributed by atoms with Gasteiger partial charge < -0.3 is 4.74 Å². The molecule has 0 saturated carbocycles. The van der Waals surface area contributed by atoms with E-state index in [0.29, 0.717) is 18.9 Å². The van der Waals surface area contributed by atoms with Gasteiger partial charge in [-0.2, -0.15) is 9.57 Å². The van der Waals surface area contributed by atoms with Gasteiger partial charge in [0.2, 0.25) is 10.0 Å². The fourth-order valence-electron chi connectivity index (χ4n) is 3.12. The standard InChI is InChI=1S/C17H24N2O3S/c1-14-9-10-16(15-7-3-4-8-17(15)22-2)19(13-14)23(20,21)12-6-5-11-18/h3-4,7-8,14,16H,5-6,9-10,12-13H2,1-2H3/t14-,16+/m0/s1. The molecule has 1 aliphatic heterocycles. The molecule has 5 nitrogen and oxygen atoms in total. The lowest BCUT2D eigenvalue weighted by molar-refractivity contribution is 0.203. The molecule has 6 heteroatoms. The Labute approximate surface area is 138 Å². The Morgan fingerprint density at radius 3 is 2.78 bits per heavy atom. The zero-order valence-electron chi connectivity index (χ0n) is 13.7. The van der Waals surface area contributed by atoms with Crippen molar-refractivity contribution in [3.63, 3.8) is 0 Å². The fraction of sp³-hybridized carbons (Fsp3) is 0.588. The summed E-state index contributed by atoms with van der Waals surface area (Å²) in [4.78, 5) is 0. The second-order valence-corrected chi connectivity index (χ2v) is 8.13. The maximum absolute atomic E-state index is 12.8. The van der Waals surface area contributed by atoms with Crippen LogP contribution in [0.5, 0.6) is 5.75 Å². The van der Waals surface area contributed by atoms with E-state index in [4.69, 9.17) is 10.00 Å². The molecule has 23 heavy (non-hydrogen) atoms. The number of hydrogen-bond acceptors (Lipinski definition) is 4. The lowest BCUT2D eigenvalue weighted by Crippen LogP contribution is -2.42. The number of methoxy groups -OCH3 is 1. The van der Waals surface area contributed by atoms with Crippen molar-refractivity contribution in [2.75, 3.05) is 19.4 Å². The van der Waals surface area contributed by atoms with Crippen LogP contribution in [0.3, 0.4) is 0 Å². The summed E-state index contributed by atoms with van der Waals surface area (Å²) >= 11 is 0. The number of piperidine rings is 1. The highest BCUT2D eigenvalue weighted by Gasteiger charge is 2.36. The summed E-state index contributed by atoms with van der Waals surface area (Å²) < 4.78 is 32.6. The molecular formula is C17H24N2O3S. The van der Waals surface area contributed by atoms with Gasteiger partial charge in [-0.15, -0.1) is 0 Å². The van der Waals surface area contributed by atoms with E-state index >= 15 is 0 Å². The van der Waals surface area contributed by atoms with E-state index in [9.17, 15) is 8.42 Å². The third kappa shape index (κ3) is 4.24. The average Bonchev–Trinajstić information content (AvgIpc) is 2.55. The summed E-state index contributed by atoms with van der Waals surface area (Å²) in [6.07, 6.45) is 2.43. The van der Waals surface area contributed by atoms with Gasteiger partial charge in [-0.05, 0) is 31.2 Å². The molecule has 1 heterocycles. The molecule has 1 aliphatic rings. The molecule has 2 atom stereocenters. The Balaban J connectivity index is 2.31. The zero-order valence-corrected chi connectivity index (χ0v) is 14.6. The normalized spacial score (nSPS) is 22.5. The Bertz CT molecular complexity index is 667. The highest BCUT2D eigenvalue weighted by Crippen LogP contribution is 2.39. The molecule has 1 aromatic rings. The molecule has 0 bridgehead atoms. The first-order chi connectivity index (χ1) is 11.0. The topological polar surface area (TPSA) is 70.4 Å². The van der Waals surface area contributed by atoms with Gasteiger partial charge in [-0.3, -0.25) is 0 Å². The second kappa shape index (κ2) is 7.80. The summed E-state index contributed by atoms with van der Waals surface area (Å²) in [6.45, 7) is 2.61. The number of nitriles is 1. The largest absolute Gasteiger partial charge is 0.496 e. The van der Waals surface area contributed by atoms with Crippen molar-refractivity contribution in [3.8, 4) is 11.8 Å². The summed E-state index contributed by atoms with van der Waals surface area (Å²) in [5.74, 6) is 1.09. The zero-order chi connectivity index (χ0) is 16.9. The molecule has 0 aromatic heterocycles. The van der Waals surface area contributed by atoms with Crippen LogP contribution in [-0.2, 0) is 10.0 Å². The Morgan fingerprint density at radius 2 is 2.09 bits per heavy atom. The first-order valence-corrected chi connectivity index (χ1v) is 9.60. The van der Waals surface area contributed by atoms with Gasteiger partial charge in [0.15, 0.2) is 0 Å². The van der Waals surface area contributed by atoms with Crippen molar-refractivity contribution in [3.05, 3.63) is 29.8 Å². The van der Waals surface area contributed by atoms with Crippen molar-refractivity contribution in [1.82, 2.24) is 4.31 Å². The van der Waals surface area contributed by atoms with Crippen LogP contribution in [-0.4, -0.2) is 32.1 Å². The molecular weight excluding hydrogens is 312 g/mol. The van der Waals surface area contributed by atoms with Gasteiger partial charge in [0.25, 0.3) is 0 Å². The lowest BCUT2D eigenvalue weighted by atomic mass is 9.91.